The predicted octanol–water partition coefficient (Wildman–Crippen LogP) is 2.96. The SMILES string of the molecule is COc1ccc(Cc2nc(-c3ccc(C)c(N)c3)n[nH]2)cc1. The Morgan fingerprint density at radius 3 is 2.59 bits per heavy atom. The smallest absolute Gasteiger partial charge is 0.181 e. The quantitative estimate of drug-likeness (QED) is 0.725. The number of ether oxygens (including phenoxy) is 1. The Balaban J connectivity index is 1.79. The molecular formula is C17H18N4O. The van der Waals surface area contributed by atoms with E-state index in [1.165, 1.54) is 0 Å². The van der Waals surface area contributed by atoms with Crippen LogP contribution in [0.5, 0.6) is 5.75 Å². The van der Waals surface area contributed by atoms with Crippen LogP contribution in [0.25, 0.3) is 11.4 Å². The number of rotatable bonds is 4. The molecule has 2 aromatic carbocycles. The number of nitrogens with one attached hydrogen (secondary N) is 1. The van der Waals surface area contributed by atoms with Gasteiger partial charge in [0.1, 0.15) is 11.6 Å². The molecule has 3 aromatic rings. The van der Waals surface area contributed by atoms with Crippen LogP contribution in [0.2, 0.25) is 0 Å². The van der Waals surface area contributed by atoms with Crippen molar-refractivity contribution in [3.05, 3.63) is 59.4 Å². The lowest BCUT2D eigenvalue weighted by Crippen LogP contribution is -1.92. The van der Waals surface area contributed by atoms with Gasteiger partial charge in [0.2, 0.25) is 0 Å². The molecule has 1 heterocycles. The minimum Gasteiger partial charge on any atom is -0.497 e. The van der Waals surface area contributed by atoms with Crippen molar-refractivity contribution >= 4 is 5.69 Å². The zero-order valence-corrected chi connectivity index (χ0v) is 12.6. The fourth-order valence-electron chi connectivity index (χ4n) is 2.22. The second kappa shape index (κ2) is 5.89. The van der Waals surface area contributed by atoms with Gasteiger partial charge in [-0.3, -0.25) is 5.10 Å². The molecule has 0 radical (unpaired) electrons. The van der Waals surface area contributed by atoms with Gasteiger partial charge in [-0.15, -0.1) is 0 Å². The number of nitrogen functional groups attached to an aromatic ring is 1. The molecule has 0 aliphatic carbocycles. The number of hydrogen-bond acceptors (Lipinski definition) is 4. The Hall–Kier alpha value is -2.82. The molecule has 0 spiro atoms. The Bertz CT molecular complexity index is 778. The van der Waals surface area contributed by atoms with E-state index in [9.17, 15) is 0 Å². The lowest BCUT2D eigenvalue weighted by Gasteiger charge is -2.02. The summed E-state index contributed by atoms with van der Waals surface area (Å²) in [5, 5.41) is 7.25. The molecule has 1 aromatic heterocycles. The molecule has 0 saturated carbocycles. The van der Waals surface area contributed by atoms with E-state index in [-0.39, 0.29) is 0 Å². The molecule has 0 bridgehead atoms. The minimum atomic E-state index is 0.662. The summed E-state index contributed by atoms with van der Waals surface area (Å²) >= 11 is 0. The van der Waals surface area contributed by atoms with Gasteiger partial charge < -0.3 is 10.5 Å². The average Bonchev–Trinajstić information content (AvgIpc) is 2.99. The van der Waals surface area contributed by atoms with Gasteiger partial charge in [0.25, 0.3) is 0 Å². The van der Waals surface area contributed by atoms with Crippen LogP contribution in [-0.4, -0.2) is 22.3 Å². The average molecular weight is 294 g/mol. The van der Waals surface area contributed by atoms with Gasteiger partial charge >= 0.3 is 0 Å². The van der Waals surface area contributed by atoms with E-state index in [4.69, 9.17) is 10.5 Å². The minimum absolute atomic E-state index is 0.662. The molecule has 0 amide bonds. The van der Waals surface area contributed by atoms with Crippen LogP contribution in [0.15, 0.2) is 42.5 Å². The molecule has 0 unspecified atom stereocenters. The highest BCUT2D eigenvalue weighted by atomic mass is 16.5. The summed E-state index contributed by atoms with van der Waals surface area (Å²) in [6, 6.07) is 13.8. The molecule has 0 aliphatic heterocycles. The number of hydrogen-bond donors (Lipinski definition) is 2. The van der Waals surface area contributed by atoms with Gasteiger partial charge in [-0.05, 0) is 36.2 Å². The van der Waals surface area contributed by atoms with Crippen molar-refractivity contribution in [3.8, 4) is 17.1 Å². The van der Waals surface area contributed by atoms with E-state index < -0.39 is 0 Å². The molecular weight excluding hydrogens is 276 g/mol. The Morgan fingerprint density at radius 2 is 1.91 bits per heavy atom. The zero-order chi connectivity index (χ0) is 15.5. The van der Waals surface area contributed by atoms with Gasteiger partial charge in [-0.25, -0.2) is 4.98 Å². The third kappa shape index (κ3) is 2.93. The molecule has 112 valence electrons. The van der Waals surface area contributed by atoms with Crippen LogP contribution in [0, 0.1) is 6.92 Å². The molecule has 5 nitrogen and oxygen atoms in total. The zero-order valence-electron chi connectivity index (χ0n) is 12.6. The van der Waals surface area contributed by atoms with Gasteiger partial charge in [-0.1, -0.05) is 24.3 Å². The van der Waals surface area contributed by atoms with Crippen LogP contribution in [-0.2, 0) is 6.42 Å². The van der Waals surface area contributed by atoms with E-state index in [1.807, 2.05) is 49.4 Å². The van der Waals surface area contributed by atoms with Gasteiger partial charge in [0.15, 0.2) is 5.82 Å². The molecule has 22 heavy (non-hydrogen) atoms. The maximum atomic E-state index is 5.94. The van der Waals surface area contributed by atoms with Crippen molar-refractivity contribution < 1.29 is 4.74 Å². The lowest BCUT2D eigenvalue weighted by molar-refractivity contribution is 0.414. The summed E-state index contributed by atoms with van der Waals surface area (Å²) in [6.45, 7) is 1.98. The maximum absolute atomic E-state index is 5.94. The molecule has 5 heteroatoms. The van der Waals surface area contributed by atoms with Crippen molar-refractivity contribution in [1.29, 1.82) is 0 Å². The number of H-pyrrole nitrogens is 1. The van der Waals surface area contributed by atoms with Gasteiger partial charge in [0.05, 0.1) is 7.11 Å². The highest BCUT2D eigenvalue weighted by Gasteiger charge is 2.08. The van der Waals surface area contributed by atoms with Gasteiger partial charge in [0, 0.05) is 17.7 Å². The normalized spacial score (nSPS) is 10.6. The molecule has 3 N–H and O–H groups in total. The van der Waals surface area contributed by atoms with Crippen molar-refractivity contribution in [1.82, 2.24) is 15.2 Å². The second-order valence-electron chi connectivity index (χ2n) is 5.20. The first-order valence-corrected chi connectivity index (χ1v) is 7.06. The number of nitrogens with zero attached hydrogens (tertiary/aromatic N) is 2. The van der Waals surface area contributed by atoms with Crippen LogP contribution in [0.4, 0.5) is 5.69 Å². The molecule has 0 saturated heterocycles. The van der Waals surface area contributed by atoms with Crippen LogP contribution >= 0.6 is 0 Å². The number of aromatic nitrogens is 3. The summed E-state index contributed by atoms with van der Waals surface area (Å²) in [5.41, 5.74) is 9.80. The van der Waals surface area contributed by atoms with E-state index in [1.54, 1.807) is 7.11 Å². The van der Waals surface area contributed by atoms with Crippen molar-refractivity contribution in [3.63, 3.8) is 0 Å². The van der Waals surface area contributed by atoms with E-state index in [0.717, 1.165) is 34.0 Å². The van der Waals surface area contributed by atoms with E-state index in [2.05, 4.69) is 15.2 Å². The number of anilines is 1. The van der Waals surface area contributed by atoms with Crippen molar-refractivity contribution in [2.75, 3.05) is 12.8 Å². The third-order valence-electron chi connectivity index (χ3n) is 3.60. The maximum Gasteiger partial charge on any atom is 0.181 e. The highest BCUT2D eigenvalue weighted by molar-refractivity contribution is 5.63. The Labute approximate surface area is 129 Å². The fourth-order valence-corrected chi connectivity index (χ4v) is 2.22. The molecule has 0 fully saturated rings. The first-order chi connectivity index (χ1) is 10.7. The summed E-state index contributed by atoms with van der Waals surface area (Å²) in [7, 11) is 1.66. The number of aromatic amines is 1. The Kier molecular flexibility index (Phi) is 3.78. The first kappa shape index (κ1) is 14.1. The largest absolute Gasteiger partial charge is 0.497 e. The monoisotopic (exact) mass is 294 g/mol. The summed E-state index contributed by atoms with van der Waals surface area (Å²) < 4.78 is 5.15. The summed E-state index contributed by atoms with van der Waals surface area (Å²) in [5.74, 6) is 2.33. The third-order valence-corrected chi connectivity index (χ3v) is 3.60. The standard InChI is InChI=1S/C17H18N4O/c1-11-3-6-13(10-15(11)18)17-19-16(20-21-17)9-12-4-7-14(22-2)8-5-12/h3-8,10H,9,18H2,1-2H3,(H,19,20,21). The van der Waals surface area contributed by atoms with Crippen molar-refractivity contribution in [2.45, 2.75) is 13.3 Å². The predicted molar refractivity (Wildman–Crippen MR) is 86.8 cm³/mol. The van der Waals surface area contributed by atoms with E-state index in [0.29, 0.717) is 12.2 Å². The molecule has 0 atom stereocenters. The van der Waals surface area contributed by atoms with Crippen molar-refractivity contribution in [2.24, 2.45) is 0 Å². The van der Waals surface area contributed by atoms with Gasteiger partial charge in [-0.2, -0.15) is 5.10 Å². The number of aryl methyl sites for hydroxylation is 1. The fraction of sp³-hybridized carbons (Fsp3) is 0.176. The number of nitrogens with two attached hydrogens (primary N) is 1. The second-order valence-corrected chi connectivity index (χ2v) is 5.20. The van der Waals surface area contributed by atoms with E-state index >= 15 is 0 Å². The van der Waals surface area contributed by atoms with Crippen LogP contribution < -0.4 is 10.5 Å². The lowest BCUT2D eigenvalue weighted by atomic mass is 10.1. The van der Waals surface area contributed by atoms with Crippen LogP contribution in [0.3, 0.4) is 0 Å². The van der Waals surface area contributed by atoms with Crippen LogP contribution in [0.1, 0.15) is 17.0 Å². The molecule has 3 rings (SSSR count). The highest BCUT2D eigenvalue weighted by Crippen LogP contribution is 2.21. The first-order valence-electron chi connectivity index (χ1n) is 7.06. The number of methoxy groups -OCH3 is 1. The Morgan fingerprint density at radius 1 is 1.14 bits per heavy atom. The summed E-state index contributed by atoms with van der Waals surface area (Å²) in [6.07, 6.45) is 0.693. The topological polar surface area (TPSA) is 76.8 Å². The molecule has 0 aliphatic rings. The summed E-state index contributed by atoms with van der Waals surface area (Å²) in [4.78, 5) is 4.54. The number of benzene rings is 2.